The van der Waals surface area contributed by atoms with E-state index in [0.29, 0.717) is 15.7 Å². The van der Waals surface area contributed by atoms with Gasteiger partial charge in [0.25, 0.3) is 5.91 Å². The Morgan fingerprint density at radius 3 is 2.53 bits per heavy atom. The monoisotopic (exact) mass is 383 g/mol. The van der Waals surface area contributed by atoms with Crippen LogP contribution in [-0.2, 0) is 0 Å². The summed E-state index contributed by atoms with van der Waals surface area (Å²) in [4.78, 5) is 12.0. The second-order valence-electron chi connectivity index (χ2n) is 3.94. The van der Waals surface area contributed by atoms with Crippen molar-refractivity contribution in [3.8, 4) is 5.75 Å². The molecule has 1 amide bonds. The van der Waals surface area contributed by atoms with Crippen LogP contribution in [0.1, 0.15) is 17.3 Å². The number of benzene rings is 1. The zero-order valence-electron chi connectivity index (χ0n) is 9.14. The minimum absolute atomic E-state index is 0.124. The van der Waals surface area contributed by atoms with E-state index in [4.69, 9.17) is 11.6 Å². The Morgan fingerprint density at radius 1 is 1.47 bits per heavy atom. The zero-order chi connectivity index (χ0) is 13.1. The van der Waals surface area contributed by atoms with Crippen molar-refractivity contribution in [3.05, 3.63) is 28.8 Å². The Labute approximate surface area is 122 Å². The topological polar surface area (TPSA) is 49.3 Å². The van der Waals surface area contributed by atoms with E-state index >= 15 is 0 Å². The van der Waals surface area contributed by atoms with E-state index in [0.717, 1.165) is 0 Å². The standard InChI is InChI=1S/C11H12Br2ClNO2/c1-11(5-12,6-13)15-10(17)8-3-2-7(14)4-9(8)16/h2-4,16H,5-6H2,1H3,(H,15,17). The first-order valence-electron chi connectivity index (χ1n) is 4.85. The summed E-state index contributed by atoms with van der Waals surface area (Å²) in [6.07, 6.45) is 0. The molecule has 0 bridgehead atoms. The van der Waals surface area contributed by atoms with Crippen LogP contribution in [0.5, 0.6) is 5.75 Å². The average molecular weight is 385 g/mol. The molecule has 0 aliphatic rings. The normalized spacial score (nSPS) is 11.3. The van der Waals surface area contributed by atoms with Crippen LogP contribution in [0.25, 0.3) is 0 Å². The van der Waals surface area contributed by atoms with Crippen LogP contribution in [0.15, 0.2) is 18.2 Å². The fraction of sp³-hybridized carbons (Fsp3) is 0.364. The van der Waals surface area contributed by atoms with E-state index in [1.165, 1.54) is 12.1 Å². The summed E-state index contributed by atoms with van der Waals surface area (Å²) in [6.45, 7) is 1.89. The van der Waals surface area contributed by atoms with Gasteiger partial charge in [-0.15, -0.1) is 0 Å². The Hall–Kier alpha value is -0.260. The van der Waals surface area contributed by atoms with Gasteiger partial charge in [0.15, 0.2) is 0 Å². The van der Waals surface area contributed by atoms with E-state index in [2.05, 4.69) is 37.2 Å². The van der Waals surface area contributed by atoms with Crippen LogP contribution < -0.4 is 5.32 Å². The van der Waals surface area contributed by atoms with Crippen molar-refractivity contribution < 1.29 is 9.90 Å². The van der Waals surface area contributed by atoms with Gasteiger partial charge in [0.2, 0.25) is 0 Å². The molecule has 0 spiro atoms. The van der Waals surface area contributed by atoms with Crippen LogP contribution in [0.2, 0.25) is 5.02 Å². The highest BCUT2D eigenvalue weighted by Crippen LogP contribution is 2.23. The maximum absolute atomic E-state index is 12.0. The van der Waals surface area contributed by atoms with Crippen molar-refractivity contribution in [2.24, 2.45) is 0 Å². The van der Waals surface area contributed by atoms with Crippen LogP contribution in [0.3, 0.4) is 0 Å². The van der Waals surface area contributed by atoms with E-state index in [1.807, 2.05) is 6.92 Å². The second-order valence-corrected chi connectivity index (χ2v) is 5.50. The van der Waals surface area contributed by atoms with Gasteiger partial charge < -0.3 is 10.4 Å². The van der Waals surface area contributed by atoms with E-state index in [1.54, 1.807) is 6.07 Å². The lowest BCUT2D eigenvalue weighted by Crippen LogP contribution is -2.48. The molecule has 0 heterocycles. The number of nitrogens with one attached hydrogen (secondary N) is 1. The molecule has 0 radical (unpaired) electrons. The quantitative estimate of drug-likeness (QED) is 0.781. The van der Waals surface area contributed by atoms with Crippen LogP contribution in [0, 0.1) is 0 Å². The van der Waals surface area contributed by atoms with Crippen molar-refractivity contribution in [3.63, 3.8) is 0 Å². The Bertz CT molecular complexity index is 422. The number of hydrogen-bond acceptors (Lipinski definition) is 2. The van der Waals surface area contributed by atoms with E-state index in [9.17, 15) is 9.90 Å². The number of carbonyl (C=O) groups excluding carboxylic acids is 1. The summed E-state index contributed by atoms with van der Waals surface area (Å²) in [6, 6.07) is 4.40. The van der Waals surface area contributed by atoms with Gasteiger partial charge in [-0.05, 0) is 25.1 Å². The summed E-state index contributed by atoms with van der Waals surface area (Å²) in [5, 5.41) is 14.1. The minimum Gasteiger partial charge on any atom is -0.507 e. The van der Waals surface area contributed by atoms with Gasteiger partial charge in [0.1, 0.15) is 5.75 Å². The summed E-state index contributed by atoms with van der Waals surface area (Å²) in [5.74, 6) is -0.456. The highest BCUT2D eigenvalue weighted by molar-refractivity contribution is 9.09. The Kier molecular flexibility index (Phi) is 5.28. The van der Waals surface area contributed by atoms with E-state index < -0.39 is 5.54 Å². The Morgan fingerprint density at radius 2 is 2.06 bits per heavy atom. The molecule has 0 aliphatic heterocycles. The maximum atomic E-state index is 12.0. The molecule has 2 N–H and O–H groups in total. The van der Waals surface area contributed by atoms with Gasteiger partial charge in [0, 0.05) is 15.7 Å². The fourth-order valence-corrected chi connectivity index (χ4v) is 2.52. The smallest absolute Gasteiger partial charge is 0.255 e. The predicted octanol–water partition coefficient (Wildman–Crippen LogP) is 3.32. The summed E-state index contributed by atoms with van der Waals surface area (Å²) >= 11 is 12.4. The first-order valence-corrected chi connectivity index (χ1v) is 7.47. The molecule has 1 aromatic carbocycles. The molecule has 0 atom stereocenters. The number of rotatable bonds is 4. The summed E-state index contributed by atoms with van der Waals surface area (Å²) < 4.78 is 0. The molecule has 0 saturated heterocycles. The van der Waals surface area contributed by atoms with Gasteiger partial charge in [-0.3, -0.25) is 4.79 Å². The van der Waals surface area contributed by atoms with Crippen molar-refractivity contribution in [1.82, 2.24) is 5.32 Å². The van der Waals surface area contributed by atoms with Crippen molar-refractivity contribution in [1.29, 1.82) is 0 Å². The third kappa shape index (κ3) is 3.86. The summed E-state index contributed by atoms with van der Waals surface area (Å²) in [7, 11) is 0. The van der Waals surface area contributed by atoms with Crippen molar-refractivity contribution >= 4 is 49.4 Å². The van der Waals surface area contributed by atoms with Crippen LogP contribution >= 0.6 is 43.5 Å². The first kappa shape index (κ1) is 14.8. The predicted molar refractivity (Wildman–Crippen MR) is 76.6 cm³/mol. The fourth-order valence-electron chi connectivity index (χ4n) is 1.14. The number of amides is 1. The van der Waals surface area contributed by atoms with Crippen LogP contribution in [0.4, 0.5) is 0 Å². The number of carbonyl (C=O) groups is 1. The zero-order valence-corrected chi connectivity index (χ0v) is 13.1. The molecular weight excluding hydrogens is 373 g/mol. The molecule has 0 unspecified atom stereocenters. The number of hydrogen-bond donors (Lipinski definition) is 2. The number of aromatic hydroxyl groups is 1. The van der Waals surface area contributed by atoms with Crippen LogP contribution in [-0.4, -0.2) is 27.2 Å². The molecule has 1 aromatic rings. The highest BCUT2D eigenvalue weighted by Gasteiger charge is 2.25. The van der Waals surface area contributed by atoms with Crippen molar-refractivity contribution in [2.75, 3.05) is 10.7 Å². The van der Waals surface area contributed by atoms with Crippen molar-refractivity contribution in [2.45, 2.75) is 12.5 Å². The number of halogens is 3. The lowest BCUT2D eigenvalue weighted by atomic mass is 10.1. The number of phenolic OH excluding ortho intramolecular Hbond substituents is 1. The van der Waals surface area contributed by atoms with Gasteiger partial charge in [-0.25, -0.2) is 0 Å². The maximum Gasteiger partial charge on any atom is 0.255 e. The molecule has 0 aromatic heterocycles. The highest BCUT2D eigenvalue weighted by atomic mass is 79.9. The third-order valence-electron chi connectivity index (χ3n) is 2.21. The van der Waals surface area contributed by atoms with Gasteiger partial charge in [0.05, 0.1) is 11.1 Å². The van der Waals surface area contributed by atoms with Gasteiger partial charge >= 0.3 is 0 Å². The number of phenols is 1. The molecule has 1 rings (SSSR count). The van der Waals surface area contributed by atoms with E-state index in [-0.39, 0.29) is 17.2 Å². The molecule has 6 heteroatoms. The largest absolute Gasteiger partial charge is 0.507 e. The molecule has 94 valence electrons. The molecule has 17 heavy (non-hydrogen) atoms. The molecule has 0 aliphatic carbocycles. The first-order chi connectivity index (χ1) is 7.91. The molecule has 0 fully saturated rings. The minimum atomic E-state index is -0.414. The van der Waals surface area contributed by atoms with Gasteiger partial charge in [-0.2, -0.15) is 0 Å². The molecular formula is C11H12Br2ClNO2. The molecule has 0 saturated carbocycles. The lowest BCUT2D eigenvalue weighted by Gasteiger charge is -2.26. The number of alkyl halides is 2. The molecule has 3 nitrogen and oxygen atoms in total. The third-order valence-corrected chi connectivity index (χ3v) is 4.92. The SMILES string of the molecule is CC(CBr)(CBr)NC(=O)c1ccc(Cl)cc1O. The van der Waals surface area contributed by atoms with Gasteiger partial charge in [-0.1, -0.05) is 43.5 Å². The summed E-state index contributed by atoms with van der Waals surface area (Å²) in [5.41, 5.74) is -0.203. The lowest BCUT2D eigenvalue weighted by molar-refractivity contribution is 0.0920. The Balaban J connectivity index is 2.90. The average Bonchev–Trinajstić information content (AvgIpc) is 2.28. The second kappa shape index (κ2) is 6.07.